The van der Waals surface area contributed by atoms with Crippen molar-refractivity contribution >= 4 is 69.4 Å². The van der Waals surface area contributed by atoms with Crippen molar-refractivity contribution in [2.75, 3.05) is 10.6 Å². The average molecular weight is 614 g/mol. The SMILES string of the molecule is C=C(Nc1ccc(F)cc1F)c1cc(NC(=O)C2C(c3ccc(F)c(Cl)c3)C2(Cl)Cl)cc(C(F)(F)F)c1Cl. The Kier molecular flexibility index (Phi) is 7.62. The van der Waals surface area contributed by atoms with Gasteiger partial charge >= 0.3 is 6.18 Å². The van der Waals surface area contributed by atoms with E-state index < -0.39 is 56.3 Å². The molecule has 0 saturated heterocycles. The Balaban J connectivity index is 1.64. The molecule has 0 bridgehead atoms. The Hall–Kier alpha value is -2.59. The number of hydrogen-bond donors (Lipinski definition) is 2. The van der Waals surface area contributed by atoms with Crippen LogP contribution in [0.5, 0.6) is 0 Å². The van der Waals surface area contributed by atoms with E-state index in [9.17, 15) is 31.1 Å². The fraction of sp³-hybridized carbons (Fsp3) is 0.160. The van der Waals surface area contributed by atoms with E-state index in [1.165, 1.54) is 12.1 Å². The van der Waals surface area contributed by atoms with Crippen molar-refractivity contribution in [1.82, 2.24) is 0 Å². The number of alkyl halides is 5. The zero-order valence-electron chi connectivity index (χ0n) is 18.7. The van der Waals surface area contributed by atoms with Crippen LogP contribution < -0.4 is 10.6 Å². The van der Waals surface area contributed by atoms with Gasteiger partial charge < -0.3 is 10.6 Å². The number of anilines is 2. The van der Waals surface area contributed by atoms with Crippen LogP contribution in [0.25, 0.3) is 5.70 Å². The highest BCUT2D eigenvalue weighted by molar-refractivity contribution is 6.53. The van der Waals surface area contributed by atoms with Crippen molar-refractivity contribution in [2.24, 2.45) is 5.92 Å². The summed E-state index contributed by atoms with van der Waals surface area (Å²) in [5, 5.41) is 3.79. The Morgan fingerprint density at radius 2 is 1.61 bits per heavy atom. The van der Waals surface area contributed by atoms with E-state index in [0.717, 1.165) is 24.3 Å². The first-order chi connectivity index (χ1) is 17.6. The Labute approximate surface area is 232 Å². The molecule has 1 amide bonds. The van der Waals surface area contributed by atoms with Gasteiger partial charge in [0.2, 0.25) is 5.91 Å². The van der Waals surface area contributed by atoms with E-state index in [4.69, 9.17) is 46.4 Å². The van der Waals surface area contributed by atoms with Crippen LogP contribution in [0.3, 0.4) is 0 Å². The van der Waals surface area contributed by atoms with Gasteiger partial charge in [-0.2, -0.15) is 13.2 Å². The second-order valence-electron chi connectivity index (χ2n) is 8.40. The molecule has 0 spiro atoms. The van der Waals surface area contributed by atoms with Crippen LogP contribution in [-0.2, 0) is 11.0 Å². The smallest absolute Gasteiger partial charge is 0.353 e. The standard InChI is InChI=1S/C25H14Cl4F6N2O/c1-10(36-19-5-3-12(30)7-18(19)32)14-8-13(9-15(22(14)27)25(33,34)35)37-23(38)21-20(24(21,28)29)11-2-4-17(31)16(26)6-11/h2-9,20-21,36H,1H2,(H,37,38). The highest BCUT2D eigenvalue weighted by Gasteiger charge is 2.67. The summed E-state index contributed by atoms with van der Waals surface area (Å²) < 4.78 is 80.5. The lowest BCUT2D eigenvalue weighted by Crippen LogP contribution is -2.18. The van der Waals surface area contributed by atoms with Gasteiger partial charge in [-0.05, 0) is 42.0 Å². The molecule has 1 fully saturated rings. The van der Waals surface area contributed by atoms with Crippen molar-refractivity contribution in [3.63, 3.8) is 0 Å². The number of nitrogens with one attached hydrogen (secondary N) is 2. The minimum Gasteiger partial charge on any atom is -0.353 e. The van der Waals surface area contributed by atoms with Crippen LogP contribution >= 0.6 is 46.4 Å². The van der Waals surface area contributed by atoms with E-state index in [-0.39, 0.29) is 27.7 Å². The summed E-state index contributed by atoms with van der Waals surface area (Å²) in [6.07, 6.45) is -4.94. The summed E-state index contributed by atoms with van der Waals surface area (Å²) in [6.45, 7) is 3.60. The minimum absolute atomic E-state index is 0.224. The van der Waals surface area contributed by atoms with Gasteiger partial charge in [-0.1, -0.05) is 35.8 Å². The number of amides is 1. The molecule has 1 saturated carbocycles. The van der Waals surface area contributed by atoms with Crippen LogP contribution in [-0.4, -0.2) is 10.2 Å². The van der Waals surface area contributed by atoms with Gasteiger partial charge in [0.05, 0.1) is 27.2 Å². The Morgan fingerprint density at radius 3 is 2.21 bits per heavy atom. The van der Waals surface area contributed by atoms with Crippen molar-refractivity contribution < 1.29 is 31.1 Å². The van der Waals surface area contributed by atoms with Crippen molar-refractivity contribution in [2.45, 2.75) is 16.4 Å². The second-order valence-corrected chi connectivity index (χ2v) is 10.6. The largest absolute Gasteiger partial charge is 0.417 e. The topological polar surface area (TPSA) is 41.1 Å². The lowest BCUT2D eigenvalue weighted by Gasteiger charge is -2.18. The highest BCUT2D eigenvalue weighted by Crippen LogP contribution is 2.65. The van der Waals surface area contributed by atoms with E-state index in [1.807, 2.05) is 0 Å². The van der Waals surface area contributed by atoms with Crippen LogP contribution in [0.2, 0.25) is 10.0 Å². The summed E-state index contributed by atoms with van der Waals surface area (Å²) >= 11 is 24.3. The maximum absolute atomic E-state index is 14.1. The summed E-state index contributed by atoms with van der Waals surface area (Å²) in [5.74, 6) is -5.36. The third kappa shape index (κ3) is 5.57. The highest BCUT2D eigenvalue weighted by atomic mass is 35.5. The molecule has 0 aliphatic heterocycles. The third-order valence-electron chi connectivity index (χ3n) is 5.83. The molecule has 4 rings (SSSR count). The molecule has 3 nitrogen and oxygen atoms in total. The van der Waals surface area contributed by atoms with Gasteiger partial charge in [-0.3, -0.25) is 4.79 Å². The van der Waals surface area contributed by atoms with Crippen LogP contribution in [0, 0.1) is 23.4 Å². The first-order valence-corrected chi connectivity index (χ1v) is 12.1. The number of carbonyl (C=O) groups excluding carboxylic acids is 1. The van der Waals surface area contributed by atoms with E-state index >= 15 is 0 Å². The summed E-state index contributed by atoms with van der Waals surface area (Å²) in [7, 11) is 0. The zero-order valence-corrected chi connectivity index (χ0v) is 21.7. The Morgan fingerprint density at radius 1 is 0.921 bits per heavy atom. The van der Waals surface area contributed by atoms with Gasteiger partial charge in [-0.15, -0.1) is 23.2 Å². The van der Waals surface area contributed by atoms with Crippen LogP contribution in [0.15, 0.2) is 55.1 Å². The molecular formula is C25H14Cl4F6N2O. The summed E-state index contributed by atoms with van der Waals surface area (Å²) in [5.41, 5.74) is -2.15. The quantitative estimate of drug-likeness (QED) is 0.215. The fourth-order valence-corrected chi connectivity index (χ4v) is 5.28. The molecule has 0 heterocycles. The summed E-state index contributed by atoms with van der Waals surface area (Å²) in [4.78, 5) is 13.0. The first-order valence-electron chi connectivity index (χ1n) is 10.6. The normalized spacial score (nSPS) is 18.2. The molecule has 3 aromatic rings. The van der Waals surface area contributed by atoms with Crippen LogP contribution in [0.1, 0.15) is 22.6 Å². The molecule has 1 aliphatic carbocycles. The summed E-state index contributed by atoms with van der Waals surface area (Å²) in [6, 6.07) is 7.87. The maximum Gasteiger partial charge on any atom is 0.417 e. The molecule has 3 aromatic carbocycles. The van der Waals surface area contributed by atoms with Crippen LogP contribution in [0.4, 0.5) is 37.7 Å². The van der Waals surface area contributed by atoms with Crippen molar-refractivity contribution in [3.8, 4) is 0 Å². The van der Waals surface area contributed by atoms with E-state index in [0.29, 0.717) is 17.7 Å². The molecule has 2 unspecified atom stereocenters. The average Bonchev–Trinajstić information content (AvgIpc) is 3.39. The number of rotatable bonds is 6. The second kappa shape index (κ2) is 10.2. The number of hydrogen-bond acceptors (Lipinski definition) is 2. The third-order valence-corrected chi connectivity index (χ3v) is 7.46. The molecule has 2 atom stereocenters. The maximum atomic E-state index is 14.1. The molecule has 2 N–H and O–H groups in total. The lowest BCUT2D eigenvalue weighted by molar-refractivity contribution is -0.137. The van der Waals surface area contributed by atoms with Gasteiger partial charge in [-0.25, -0.2) is 13.2 Å². The fourth-order valence-electron chi connectivity index (χ4n) is 3.94. The number of carbonyl (C=O) groups is 1. The molecule has 200 valence electrons. The zero-order chi connectivity index (χ0) is 28.2. The predicted molar refractivity (Wildman–Crippen MR) is 136 cm³/mol. The van der Waals surface area contributed by atoms with Gasteiger partial charge in [0, 0.05) is 28.9 Å². The Bertz CT molecular complexity index is 1460. The predicted octanol–water partition coefficient (Wildman–Crippen LogP) is 9.04. The molecule has 38 heavy (non-hydrogen) atoms. The van der Waals surface area contributed by atoms with Gasteiger partial charge in [0.15, 0.2) is 0 Å². The van der Waals surface area contributed by atoms with Crippen molar-refractivity contribution in [1.29, 1.82) is 0 Å². The van der Waals surface area contributed by atoms with E-state index in [2.05, 4.69) is 17.2 Å². The van der Waals surface area contributed by atoms with E-state index in [1.54, 1.807) is 0 Å². The molecular weight excluding hydrogens is 600 g/mol. The monoisotopic (exact) mass is 612 g/mol. The molecule has 1 aliphatic rings. The van der Waals surface area contributed by atoms with Gasteiger partial charge in [0.1, 0.15) is 21.8 Å². The first kappa shape index (κ1) is 28.4. The van der Waals surface area contributed by atoms with Gasteiger partial charge in [0.25, 0.3) is 0 Å². The minimum atomic E-state index is -4.94. The molecule has 13 heteroatoms. The lowest BCUT2D eigenvalue weighted by atomic mass is 10.1. The number of halogens is 10. The number of benzene rings is 3. The molecule has 0 aromatic heterocycles. The van der Waals surface area contributed by atoms with Crippen molar-refractivity contribution in [3.05, 3.63) is 99.3 Å². The molecule has 0 radical (unpaired) electrons.